The lowest BCUT2D eigenvalue weighted by Gasteiger charge is -2.26. The molecule has 3 nitrogen and oxygen atoms in total. The molecule has 1 aliphatic carbocycles. The lowest BCUT2D eigenvalue weighted by atomic mass is 9.86. The monoisotopic (exact) mass is 275 g/mol. The number of halogens is 1. The van der Waals surface area contributed by atoms with Crippen LogP contribution >= 0.6 is 0 Å². The van der Waals surface area contributed by atoms with Gasteiger partial charge in [0.15, 0.2) is 5.82 Å². The number of nitrogens with zero attached hydrogens (tertiary/aromatic N) is 2. The van der Waals surface area contributed by atoms with Gasteiger partial charge in [0, 0.05) is 18.5 Å². The largest absolute Gasteiger partial charge is 0.328 e. The summed E-state index contributed by atoms with van der Waals surface area (Å²) >= 11 is 0. The van der Waals surface area contributed by atoms with Crippen LogP contribution in [0.1, 0.15) is 50.8 Å². The highest BCUT2D eigenvalue weighted by molar-refractivity contribution is 5.76. The third kappa shape index (κ3) is 2.33. The van der Waals surface area contributed by atoms with Crippen molar-refractivity contribution in [2.24, 2.45) is 5.73 Å². The Morgan fingerprint density at radius 2 is 2.05 bits per heavy atom. The van der Waals surface area contributed by atoms with Crippen molar-refractivity contribution >= 4 is 11.0 Å². The Balaban J connectivity index is 2.05. The summed E-state index contributed by atoms with van der Waals surface area (Å²) in [6, 6.07) is 5.56. The van der Waals surface area contributed by atoms with E-state index in [9.17, 15) is 4.39 Å². The minimum atomic E-state index is -0.217. The Kier molecular flexibility index (Phi) is 3.74. The molecule has 4 heteroatoms. The third-order valence-corrected chi connectivity index (χ3v) is 4.34. The fourth-order valence-electron chi connectivity index (χ4n) is 3.28. The average Bonchev–Trinajstić information content (AvgIpc) is 2.81. The van der Waals surface area contributed by atoms with Crippen molar-refractivity contribution in [1.29, 1.82) is 0 Å². The first-order chi connectivity index (χ1) is 9.70. The van der Waals surface area contributed by atoms with Gasteiger partial charge in [0.1, 0.15) is 11.3 Å². The molecule has 0 amide bonds. The smallest absolute Gasteiger partial charge is 0.151 e. The van der Waals surface area contributed by atoms with Crippen LogP contribution < -0.4 is 5.73 Å². The van der Waals surface area contributed by atoms with E-state index < -0.39 is 0 Å². The van der Waals surface area contributed by atoms with Crippen LogP contribution in [0.5, 0.6) is 0 Å². The van der Waals surface area contributed by atoms with Crippen LogP contribution in [0.15, 0.2) is 18.2 Å². The summed E-state index contributed by atoms with van der Waals surface area (Å²) in [6.45, 7) is 3.05. The predicted molar refractivity (Wildman–Crippen MR) is 79.2 cm³/mol. The minimum Gasteiger partial charge on any atom is -0.328 e. The molecular formula is C16H22FN3. The number of benzene rings is 1. The van der Waals surface area contributed by atoms with E-state index in [2.05, 4.69) is 16.5 Å². The summed E-state index contributed by atoms with van der Waals surface area (Å²) in [5.74, 6) is 1.26. The molecule has 0 radical (unpaired) electrons. The van der Waals surface area contributed by atoms with Gasteiger partial charge in [0.25, 0.3) is 0 Å². The van der Waals surface area contributed by atoms with Crippen molar-refractivity contribution in [3.63, 3.8) is 0 Å². The number of imidazole rings is 1. The lowest BCUT2D eigenvalue weighted by Crippen LogP contribution is -2.26. The van der Waals surface area contributed by atoms with Crippen LogP contribution in [0.3, 0.4) is 0 Å². The summed E-state index contributed by atoms with van der Waals surface area (Å²) in [6.07, 6.45) is 5.25. The first kappa shape index (κ1) is 13.6. The Labute approximate surface area is 119 Å². The van der Waals surface area contributed by atoms with Crippen LogP contribution in [0, 0.1) is 5.82 Å². The highest BCUT2D eigenvalue weighted by atomic mass is 19.1. The van der Waals surface area contributed by atoms with E-state index in [1.54, 1.807) is 6.07 Å². The summed E-state index contributed by atoms with van der Waals surface area (Å²) in [5, 5.41) is 0. The number of hydrogen-bond donors (Lipinski definition) is 1. The molecule has 0 aliphatic heterocycles. The minimum absolute atomic E-state index is 0.217. The molecule has 0 atom stereocenters. The Morgan fingerprint density at radius 1 is 1.30 bits per heavy atom. The van der Waals surface area contributed by atoms with Gasteiger partial charge in [-0.3, -0.25) is 0 Å². The number of hydrogen-bond acceptors (Lipinski definition) is 2. The second-order valence-electron chi connectivity index (χ2n) is 5.84. The highest BCUT2D eigenvalue weighted by Crippen LogP contribution is 2.34. The number of aromatic nitrogens is 2. The quantitative estimate of drug-likeness (QED) is 0.930. The third-order valence-electron chi connectivity index (χ3n) is 4.34. The SMILES string of the molecule is CCCn1c(C2CCC(N)CC2)nc2c(F)cccc21. The van der Waals surface area contributed by atoms with Gasteiger partial charge in [-0.25, -0.2) is 9.37 Å². The molecule has 0 spiro atoms. The summed E-state index contributed by atoms with van der Waals surface area (Å²) in [5.41, 5.74) is 7.43. The molecule has 3 rings (SSSR count). The summed E-state index contributed by atoms with van der Waals surface area (Å²) in [4.78, 5) is 4.63. The van der Waals surface area contributed by atoms with Gasteiger partial charge in [-0.2, -0.15) is 0 Å². The van der Waals surface area contributed by atoms with Crippen LogP contribution in [-0.2, 0) is 6.54 Å². The molecule has 1 aromatic heterocycles. The molecule has 0 unspecified atom stereocenters. The van der Waals surface area contributed by atoms with E-state index in [1.807, 2.05) is 6.07 Å². The van der Waals surface area contributed by atoms with Crippen LogP contribution in [-0.4, -0.2) is 15.6 Å². The fourth-order valence-corrected chi connectivity index (χ4v) is 3.28. The van der Waals surface area contributed by atoms with Crippen molar-refractivity contribution in [2.45, 2.75) is 57.5 Å². The molecule has 1 aliphatic rings. The molecule has 1 fully saturated rings. The van der Waals surface area contributed by atoms with E-state index in [4.69, 9.17) is 5.73 Å². The normalized spacial score (nSPS) is 23.4. The van der Waals surface area contributed by atoms with Gasteiger partial charge in [0.05, 0.1) is 5.52 Å². The van der Waals surface area contributed by atoms with Gasteiger partial charge in [-0.15, -0.1) is 0 Å². The van der Waals surface area contributed by atoms with Crippen LogP contribution in [0.2, 0.25) is 0 Å². The molecule has 2 aromatic rings. The number of para-hydroxylation sites is 1. The first-order valence-electron chi connectivity index (χ1n) is 7.61. The number of fused-ring (bicyclic) bond motifs is 1. The molecule has 2 N–H and O–H groups in total. The predicted octanol–water partition coefficient (Wildman–Crippen LogP) is 3.57. The van der Waals surface area contributed by atoms with Crippen molar-refractivity contribution in [3.05, 3.63) is 29.8 Å². The average molecular weight is 275 g/mol. The maximum Gasteiger partial charge on any atom is 0.151 e. The number of aryl methyl sites for hydroxylation is 1. The van der Waals surface area contributed by atoms with E-state index >= 15 is 0 Å². The zero-order valence-electron chi connectivity index (χ0n) is 12.0. The second-order valence-corrected chi connectivity index (χ2v) is 5.84. The molecule has 0 saturated heterocycles. The number of nitrogens with two attached hydrogens (primary N) is 1. The molecule has 1 saturated carbocycles. The molecule has 0 bridgehead atoms. The van der Waals surface area contributed by atoms with Gasteiger partial charge in [0.2, 0.25) is 0 Å². The van der Waals surface area contributed by atoms with Gasteiger partial charge in [-0.1, -0.05) is 13.0 Å². The fraction of sp³-hybridized carbons (Fsp3) is 0.562. The van der Waals surface area contributed by atoms with Gasteiger partial charge >= 0.3 is 0 Å². The Morgan fingerprint density at radius 3 is 2.75 bits per heavy atom. The maximum absolute atomic E-state index is 14.0. The van der Waals surface area contributed by atoms with Gasteiger partial charge < -0.3 is 10.3 Å². The molecule has 108 valence electrons. The molecule has 20 heavy (non-hydrogen) atoms. The van der Waals surface area contributed by atoms with Gasteiger partial charge in [-0.05, 0) is 44.2 Å². The van der Waals surface area contributed by atoms with Crippen LogP contribution in [0.4, 0.5) is 4.39 Å². The van der Waals surface area contributed by atoms with Crippen molar-refractivity contribution < 1.29 is 4.39 Å². The Hall–Kier alpha value is -1.42. The molecule has 1 heterocycles. The van der Waals surface area contributed by atoms with Crippen molar-refractivity contribution in [1.82, 2.24) is 9.55 Å². The maximum atomic E-state index is 14.0. The summed E-state index contributed by atoms with van der Waals surface area (Å²) in [7, 11) is 0. The molecule has 1 aromatic carbocycles. The van der Waals surface area contributed by atoms with E-state index in [0.29, 0.717) is 17.5 Å². The standard InChI is InChI=1S/C16H22FN3/c1-2-10-20-14-5-3-4-13(17)15(14)19-16(20)11-6-8-12(18)9-7-11/h3-5,11-12H,2,6-10,18H2,1H3. The topological polar surface area (TPSA) is 43.8 Å². The first-order valence-corrected chi connectivity index (χ1v) is 7.61. The van der Waals surface area contributed by atoms with E-state index in [0.717, 1.165) is 50.0 Å². The van der Waals surface area contributed by atoms with E-state index in [1.165, 1.54) is 6.07 Å². The summed E-state index contributed by atoms with van der Waals surface area (Å²) < 4.78 is 16.2. The van der Waals surface area contributed by atoms with Crippen molar-refractivity contribution in [3.8, 4) is 0 Å². The molecular weight excluding hydrogens is 253 g/mol. The van der Waals surface area contributed by atoms with Crippen molar-refractivity contribution in [2.75, 3.05) is 0 Å². The number of rotatable bonds is 3. The zero-order valence-corrected chi connectivity index (χ0v) is 12.0. The highest BCUT2D eigenvalue weighted by Gasteiger charge is 2.25. The Bertz CT molecular complexity index is 597. The zero-order chi connectivity index (χ0) is 14.1. The lowest BCUT2D eigenvalue weighted by molar-refractivity contribution is 0.376. The second kappa shape index (κ2) is 5.52. The van der Waals surface area contributed by atoms with E-state index in [-0.39, 0.29) is 5.82 Å². The van der Waals surface area contributed by atoms with Crippen LogP contribution in [0.25, 0.3) is 11.0 Å².